The van der Waals surface area contributed by atoms with Crippen molar-refractivity contribution in [2.45, 2.75) is 38.1 Å². The first-order chi connectivity index (χ1) is 10.4. The molecule has 0 unspecified atom stereocenters. The van der Waals surface area contributed by atoms with Crippen LogP contribution in [0.2, 0.25) is 0 Å². The van der Waals surface area contributed by atoms with E-state index in [1.54, 1.807) is 12.1 Å². The maximum absolute atomic E-state index is 12.2. The molecule has 1 aromatic heterocycles. The number of rotatable bonds is 7. The highest BCUT2D eigenvalue weighted by molar-refractivity contribution is 7.89. The summed E-state index contributed by atoms with van der Waals surface area (Å²) in [5.41, 5.74) is 0.986. The van der Waals surface area contributed by atoms with E-state index in [2.05, 4.69) is 23.6 Å². The summed E-state index contributed by atoms with van der Waals surface area (Å²) in [5, 5.41) is 2.73. The minimum atomic E-state index is -3.54. The van der Waals surface area contributed by atoms with Gasteiger partial charge in [-0.3, -0.25) is 0 Å². The van der Waals surface area contributed by atoms with Crippen LogP contribution in [-0.2, 0) is 16.6 Å². The van der Waals surface area contributed by atoms with E-state index in [0.29, 0.717) is 18.3 Å². The molecule has 0 aliphatic carbocycles. The second-order valence-electron chi connectivity index (χ2n) is 5.05. The van der Waals surface area contributed by atoms with Crippen molar-refractivity contribution in [2.75, 3.05) is 6.61 Å². The molecule has 1 N–H and O–H groups in total. The molecule has 0 amide bonds. The van der Waals surface area contributed by atoms with Gasteiger partial charge in [-0.15, -0.1) is 11.3 Å². The van der Waals surface area contributed by atoms with Gasteiger partial charge in [-0.2, -0.15) is 0 Å². The van der Waals surface area contributed by atoms with Gasteiger partial charge in [0.05, 0.1) is 23.7 Å². The number of aromatic nitrogens is 1. The molecule has 0 aliphatic heterocycles. The molecule has 0 radical (unpaired) electrons. The SMILES string of the molecule is CCOc1ccc(S(=O)(=O)NCc2nc(C(C)C)cs2)cc1. The van der Waals surface area contributed by atoms with Crippen LogP contribution in [0.3, 0.4) is 0 Å². The van der Waals surface area contributed by atoms with Crippen LogP contribution in [0, 0.1) is 0 Å². The van der Waals surface area contributed by atoms with Crippen molar-refractivity contribution in [1.29, 1.82) is 0 Å². The Hall–Kier alpha value is -1.44. The number of nitrogens with one attached hydrogen (secondary N) is 1. The third-order valence-electron chi connectivity index (χ3n) is 3.02. The third-order valence-corrected chi connectivity index (χ3v) is 5.30. The highest BCUT2D eigenvalue weighted by atomic mass is 32.2. The van der Waals surface area contributed by atoms with Crippen LogP contribution in [0.1, 0.15) is 37.4 Å². The molecule has 0 aliphatic rings. The van der Waals surface area contributed by atoms with Crippen molar-refractivity contribution >= 4 is 21.4 Å². The van der Waals surface area contributed by atoms with E-state index in [9.17, 15) is 8.42 Å². The van der Waals surface area contributed by atoms with Gasteiger partial charge in [0.25, 0.3) is 0 Å². The Balaban J connectivity index is 2.03. The first kappa shape index (κ1) is 16.9. The van der Waals surface area contributed by atoms with Crippen LogP contribution in [-0.4, -0.2) is 20.0 Å². The fraction of sp³-hybridized carbons (Fsp3) is 0.400. The summed E-state index contributed by atoms with van der Waals surface area (Å²) >= 11 is 1.46. The molecular formula is C15H20N2O3S2. The Kier molecular flexibility index (Phi) is 5.55. The molecular weight excluding hydrogens is 320 g/mol. The molecule has 0 saturated heterocycles. The zero-order valence-corrected chi connectivity index (χ0v) is 14.5. The standard InChI is InChI=1S/C15H20N2O3S2/c1-4-20-12-5-7-13(8-6-12)22(18,19)16-9-15-17-14(10-21-15)11(2)3/h5-8,10-11,16H,4,9H2,1-3H3. The second-order valence-corrected chi connectivity index (χ2v) is 7.76. The third kappa shape index (κ3) is 4.28. The predicted octanol–water partition coefficient (Wildman–Crippen LogP) is 3.14. The van der Waals surface area contributed by atoms with Crippen LogP contribution < -0.4 is 9.46 Å². The van der Waals surface area contributed by atoms with Crippen LogP contribution >= 0.6 is 11.3 Å². The number of benzene rings is 1. The highest BCUT2D eigenvalue weighted by Gasteiger charge is 2.15. The van der Waals surface area contributed by atoms with Gasteiger partial charge in [0.2, 0.25) is 10.0 Å². The maximum atomic E-state index is 12.2. The molecule has 0 bridgehead atoms. The molecule has 7 heteroatoms. The van der Waals surface area contributed by atoms with Gasteiger partial charge in [0.15, 0.2) is 0 Å². The van der Waals surface area contributed by atoms with Gasteiger partial charge in [-0.25, -0.2) is 18.1 Å². The number of hydrogen-bond donors (Lipinski definition) is 1. The minimum absolute atomic E-state index is 0.201. The predicted molar refractivity (Wildman–Crippen MR) is 87.8 cm³/mol. The fourth-order valence-corrected chi connectivity index (χ4v) is 3.77. The molecule has 1 aromatic carbocycles. The van der Waals surface area contributed by atoms with Crippen molar-refractivity contribution in [3.05, 3.63) is 40.3 Å². The molecule has 2 rings (SSSR count). The first-order valence-corrected chi connectivity index (χ1v) is 9.45. The fourth-order valence-electron chi connectivity index (χ4n) is 1.79. The van der Waals surface area contributed by atoms with Gasteiger partial charge >= 0.3 is 0 Å². The lowest BCUT2D eigenvalue weighted by Gasteiger charge is -2.07. The molecule has 0 saturated carbocycles. The summed E-state index contributed by atoms with van der Waals surface area (Å²) in [6.07, 6.45) is 0. The van der Waals surface area contributed by atoms with E-state index < -0.39 is 10.0 Å². The number of sulfonamides is 1. The van der Waals surface area contributed by atoms with Gasteiger partial charge < -0.3 is 4.74 Å². The first-order valence-electron chi connectivity index (χ1n) is 7.09. The van der Waals surface area contributed by atoms with Crippen LogP contribution in [0.15, 0.2) is 34.5 Å². The Bertz CT molecular complexity index is 707. The van der Waals surface area contributed by atoms with Crippen LogP contribution in [0.25, 0.3) is 0 Å². The molecule has 0 spiro atoms. The number of nitrogens with zero attached hydrogens (tertiary/aromatic N) is 1. The zero-order valence-electron chi connectivity index (χ0n) is 12.9. The van der Waals surface area contributed by atoms with Gasteiger partial charge in [-0.05, 0) is 37.1 Å². The molecule has 5 nitrogen and oxygen atoms in total. The Morgan fingerprint density at radius 3 is 2.50 bits per heavy atom. The molecule has 1 heterocycles. The second kappa shape index (κ2) is 7.21. The smallest absolute Gasteiger partial charge is 0.240 e. The van der Waals surface area contributed by atoms with E-state index in [0.717, 1.165) is 10.7 Å². The summed E-state index contributed by atoms with van der Waals surface area (Å²) in [7, 11) is -3.54. The average Bonchev–Trinajstić information content (AvgIpc) is 2.95. The summed E-state index contributed by atoms with van der Waals surface area (Å²) in [4.78, 5) is 4.64. The topological polar surface area (TPSA) is 68.3 Å². The van der Waals surface area contributed by atoms with E-state index in [4.69, 9.17) is 4.74 Å². The van der Waals surface area contributed by atoms with Gasteiger partial charge in [-0.1, -0.05) is 13.8 Å². The number of hydrogen-bond acceptors (Lipinski definition) is 5. The lowest BCUT2D eigenvalue weighted by atomic mass is 10.2. The number of ether oxygens (including phenoxy) is 1. The average molecular weight is 340 g/mol. The van der Waals surface area contributed by atoms with Crippen molar-refractivity contribution in [1.82, 2.24) is 9.71 Å². The summed E-state index contributed by atoms with van der Waals surface area (Å²) in [5.74, 6) is 0.996. The largest absolute Gasteiger partial charge is 0.494 e. The lowest BCUT2D eigenvalue weighted by molar-refractivity contribution is 0.340. The molecule has 0 fully saturated rings. The van der Waals surface area contributed by atoms with Crippen LogP contribution in [0.5, 0.6) is 5.75 Å². The van der Waals surface area contributed by atoms with Crippen molar-refractivity contribution in [3.8, 4) is 5.75 Å². The van der Waals surface area contributed by atoms with E-state index in [1.165, 1.54) is 23.5 Å². The molecule has 2 aromatic rings. The maximum Gasteiger partial charge on any atom is 0.240 e. The molecule has 22 heavy (non-hydrogen) atoms. The van der Waals surface area contributed by atoms with Gasteiger partial charge in [0.1, 0.15) is 10.8 Å². The van der Waals surface area contributed by atoms with E-state index in [1.807, 2.05) is 12.3 Å². The van der Waals surface area contributed by atoms with Crippen molar-refractivity contribution in [2.24, 2.45) is 0 Å². The normalized spacial score (nSPS) is 11.8. The van der Waals surface area contributed by atoms with E-state index >= 15 is 0 Å². The van der Waals surface area contributed by atoms with E-state index in [-0.39, 0.29) is 11.4 Å². The van der Waals surface area contributed by atoms with Crippen LogP contribution in [0.4, 0.5) is 0 Å². The monoisotopic (exact) mass is 340 g/mol. The Labute approximate surface area is 135 Å². The minimum Gasteiger partial charge on any atom is -0.494 e. The molecule has 120 valence electrons. The summed E-state index contributed by atoms with van der Waals surface area (Å²) in [6, 6.07) is 6.38. The Morgan fingerprint density at radius 2 is 1.95 bits per heavy atom. The summed E-state index contributed by atoms with van der Waals surface area (Å²) < 4.78 is 32.4. The lowest BCUT2D eigenvalue weighted by Crippen LogP contribution is -2.23. The summed E-state index contributed by atoms with van der Waals surface area (Å²) in [6.45, 7) is 6.75. The van der Waals surface area contributed by atoms with Gasteiger partial charge in [0, 0.05) is 5.38 Å². The Morgan fingerprint density at radius 1 is 1.27 bits per heavy atom. The van der Waals surface area contributed by atoms with Crippen molar-refractivity contribution < 1.29 is 13.2 Å². The zero-order chi connectivity index (χ0) is 16.2. The molecule has 0 atom stereocenters. The quantitative estimate of drug-likeness (QED) is 0.841. The highest BCUT2D eigenvalue weighted by Crippen LogP contribution is 2.19. The number of thiazole rings is 1. The van der Waals surface area contributed by atoms with Crippen molar-refractivity contribution in [3.63, 3.8) is 0 Å².